The van der Waals surface area contributed by atoms with Gasteiger partial charge in [-0.3, -0.25) is 4.90 Å². The molecule has 0 saturated heterocycles. The number of rotatable bonds is 6. The molecule has 1 aliphatic rings. The van der Waals surface area contributed by atoms with Crippen molar-refractivity contribution < 1.29 is 9.47 Å². The molecule has 1 aliphatic heterocycles. The summed E-state index contributed by atoms with van der Waals surface area (Å²) in [6.45, 7) is 5.48. The number of hydrogen-bond donors (Lipinski definition) is 1. The van der Waals surface area contributed by atoms with Gasteiger partial charge < -0.3 is 14.8 Å². The maximum Gasteiger partial charge on any atom is 0.163 e. The lowest BCUT2D eigenvalue weighted by atomic mass is 10.1. The van der Waals surface area contributed by atoms with Crippen molar-refractivity contribution in [3.05, 3.63) is 89.5 Å². The molecule has 4 rings (SSSR count). The minimum absolute atomic E-state index is 0.419. The number of nitrogens with zero attached hydrogens (tertiary/aromatic N) is 1. The number of anilines is 1. The van der Waals surface area contributed by atoms with Crippen LogP contribution in [-0.4, -0.2) is 24.6 Å². The topological polar surface area (TPSA) is 33.7 Å². The Hall–Kier alpha value is -2.98. The minimum Gasteiger partial charge on any atom is -0.493 e. The molecule has 4 nitrogen and oxygen atoms in total. The normalized spacial score (nSPS) is 16.4. The van der Waals surface area contributed by atoms with Crippen LogP contribution in [0.3, 0.4) is 0 Å². The van der Waals surface area contributed by atoms with E-state index in [1.807, 2.05) is 18.2 Å². The van der Waals surface area contributed by atoms with Crippen molar-refractivity contribution in [2.24, 2.45) is 0 Å². The first kappa shape index (κ1) is 19.3. The smallest absolute Gasteiger partial charge is 0.163 e. The fourth-order valence-electron chi connectivity index (χ4n) is 3.70. The summed E-state index contributed by atoms with van der Waals surface area (Å²) in [7, 11) is 1.70. The Labute approximate surface area is 173 Å². The standard InChI is InChI=1S/C25H28N2O2/c1-19-15-26-23-14-25(29-18-21-11-7-4-8-12-21)24(28-2)13-22(23)17-27(19)16-20-9-5-3-6-10-20/h3-14,19,26H,15-18H2,1-2H3. The largest absolute Gasteiger partial charge is 0.493 e. The van der Waals surface area contributed by atoms with Gasteiger partial charge in [0, 0.05) is 37.4 Å². The molecule has 0 fully saturated rings. The molecule has 0 aromatic heterocycles. The molecule has 0 spiro atoms. The summed E-state index contributed by atoms with van der Waals surface area (Å²) >= 11 is 0. The molecule has 1 N–H and O–H groups in total. The molecule has 29 heavy (non-hydrogen) atoms. The summed E-state index contributed by atoms with van der Waals surface area (Å²) in [5.41, 5.74) is 4.82. The van der Waals surface area contributed by atoms with Crippen LogP contribution in [0.5, 0.6) is 11.5 Å². The van der Waals surface area contributed by atoms with Crippen molar-refractivity contribution in [3.63, 3.8) is 0 Å². The van der Waals surface area contributed by atoms with Gasteiger partial charge in [0.05, 0.1) is 7.11 Å². The van der Waals surface area contributed by atoms with E-state index in [9.17, 15) is 0 Å². The molecule has 1 unspecified atom stereocenters. The Morgan fingerprint density at radius 1 is 0.931 bits per heavy atom. The van der Waals surface area contributed by atoms with Gasteiger partial charge in [-0.1, -0.05) is 60.7 Å². The van der Waals surface area contributed by atoms with Gasteiger partial charge in [-0.25, -0.2) is 0 Å². The van der Waals surface area contributed by atoms with Gasteiger partial charge in [-0.15, -0.1) is 0 Å². The lowest BCUT2D eigenvalue weighted by Crippen LogP contribution is -2.34. The molecular formula is C25H28N2O2. The van der Waals surface area contributed by atoms with Crippen LogP contribution in [0.4, 0.5) is 5.69 Å². The highest BCUT2D eigenvalue weighted by Crippen LogP contribution is 2.36. The van der Waals surface area contributed by atoms with E-state index in [4.69, 9.17) is 9.47 Å². The first-order chi connectivity index (χ1) is 14.2. The van der Waals surface area contributed by atoms with Crippen molar-refractivity contribution in [2.45, 2.75) is 32.7 Å². The third-order valence-electron chi connectivity index (χ3n) is 5.44. The zero-order chi connectivity index (χ0) is 20.1. The zero-order valence-electron chi connectivity index (χ0n) is 17.1. The van der Waals surface area contributed by atoms with Crippen LogP contribution in [0.2, 0.25) is 0 Å². The Morgan fingerprint density at radius 2 is 1.62 bits per heavy atom. The monoisotopic (exact) mass is 388 g/mol. The average Bonchev–Trinajstić information content (AvgIpc) is 2.91. The molecule has 3 aromatic carbocycles. The van der Waals surface area contributed by atoms with Crippen LogP contribution < -0.4 is 14.8 Å². The van der Waals surface area contributed by atoms with Crippen LogP contribution >= 0.6 is 0 Å². The van der Waals surface area contributed by atoms with Crippen LogP contribution in [-0.2, 0) is 19.7 Å². The first-order valence-electron chi connectivity index (χ1n) is 10.1. The lowest BCUT2D eigenvalue weighted by Gasteiger charge is -2.26. The van der Waals surface area contributed by atoms with E-state index in [0.717, 1.165) is 42.4 Å². The summed E-state index contributed by atoms with van der Waals surface area (Å²) in [5, 5.41) is 3.60. The number of fused-ring (bicyclic) bond motifs is 1. The first-order valence-corrected chi connectivity index (χ1v) is 10.1. The molecule has 0 amide bonds. The summed E-state index contributed by atoms with van der Waals surface area (Å²) in [5.74, 6) is 1.54. The molecule has 0 aliphatic carbocycles. The number of benzene rings is 3. The van der Waals surface area contributed by atoms with Gasteiger partial charge in [0.1, 0.15) is 6.61 Å². The van der Waals surface area contributed by atoms with Gasteiger partial charge in [-0.2, -0.15) is 0 Å². The van der Waals surface area contributed by atoms with E-state index in [1.54, 1.807) is 7.11 Å². The second-order valence-electron chi connectivity index (χ2n) is 7.55. The quantitative estimate of drug-likeness (QED) is 0.638. The van der Waals surface area contributed by atoms with Crippen molar-refractivity contribution in [2.75, 3.05) is 19.0 Å². The van der Waals surface area contributed by atoms with E-state index >= 15 is 0 Å². The van der Waals surface area contributed by atoms with E-state index < -0.39 is 0 Å². The number of ether oxygens (including phenoxy) is 2. The van der Waals surface area contributed by atoms with E-state index in [0.29, 0.717) is 12.6 Å². The highest BCUT2D eigenvalue weighted by Gasteiger charge is 2.22. The molecule has 150 valence electrons. The average molecular weight is 389 g/mol. The summed E-state index contributed by atoms with van der Waals surface area (Å²) in [6.07, 6.45) is 0. The Kier molecular flexibility index (Phi) is 6.01. The van der Waals surface area contributed by atoms with Crippen molar-refractivity contribution in [1.29, 1.82) is 0 Å². The molecule has 3 aromatic rings. The van der Waals surface area contributed by atoms with Crippen molar-refractivity contribution in [3.8, 4) is 11.5 Å². The summed E-state index contributed by atoms with van der Waals surface area (Å²) in [4.78, 5) is 2.50. The molecule has 0 radical (unpaired) electrons. The van der Waals surface area contributed by atoms with Gasteiger partial charge in [0.25, 0.3) is 0 Å². The number of hydrogen-bond acceptors (Lipinski definition) is 4. The van der Waals surface area contributed by atoms with Crippen molar-refractivity contribution in [1.82, 2.24) is 4.90 Å². The second-order valence-corrected chi connectivity index (χ2v) is 7.55. The maximum atomic E-state index is 6.09. The summed E-state index contributed by atoms with van der Waals surface area (Å²) in [6, 6.07) is 25.4. The third-order valence-corrected chi connectivity index (χ3v) is 5.44. The highest BCUT2D eigenvalue weighted by molar-refractivity contribution is 5.61. The maximum absolute atomic E-state index is 6.09. The minimum atomic E-state index is 0.419. The second kappa shape index (κ2) is 9.01. The Morgan fingerprint density at radius 3 is 2.31 bits per heavy atom. The lowest BCUT2D eigenvalue weighted by molar-refractivity contribution is 0.203. The number of methoxy groups -OCH3 is 1. The molecular weight excluding hydrogens is 360 g/mol. The molecule has 1 heterocycles. The SMILES string of the molecule is COc1cc2c(cc1OCc1ccccc1)NCC(C)N(Cc1ccccc1)C2. The van der Waals surface area contributed by atoms with Crippen LogP contribution in [0.25, 0.3) is 0 Å². The van der Waals surface area contributed by atoms with Crippen molar-refractivity contribution >= 4 is 5.69 Å². The van der Waals surface area contributed by atoms with E-state index in [-0.39, 0.29) is 0 Å². The highest BCUT2D eigenvalue weighted by atomic mass is 16.5. The van der Waals surface area contributed by atoms with Crippen LogP contribution in [0, 0.1) is 0 Å². The summed E-state index contributed by atoms with van der Waals surface area (Å²) < 4.78 is 11.7. The van der Waals surface area contributed by atoms with Crippen LogP contribution in [0.15, 0.2) is 72.8 Å². The number of nitrogens with one attached hydrogen (secondary N) is 1. The molecule has 0 bridgehead atoms. The molecule has 4 heteroatoms. The molecule has 0 saturated carbocycles. The van der Waals surface area contributed by atoms with Gasteiger partial charge >= 0.3 is 0 Å². The van der Waals surface area contributed by atoms with Gasteiger partial charge in [0.2, 0.25) is 0 Å². The zero-order valence-corrected chi connectivity index (χ0v) is 17.1. The Bertz CT molecular complexity index is 928. The molecule has 1 atom stereocenters. The third kappa shape index (κ3) is 4.72. The van der Waals surface area contributed by atoms with Gasteiger partial charge in [0.15, 0.2) is 11.5 Å². The van der Waals surface area contributed by atoms with E-state index in [1.165, 1.54) is 11.1 Å². The fraction of sp³-hybridized carbons (Fsp3) is 0.280. The Balaban J connectivity index is 1.54. The van der Waals surface area contributed by atoms with E-state index in [2.05, 4.69) is 71.7 Å². The van der Waals surface area contributed by atoms with Gasteiger partial charge in [-0.05, 0) is 29.7 Å². The predicted octanol–water partition coefficient (Wildman–Crippen LogP) is 5.09. The van der Waals surface area contributed by atoms with Crippen LogP contribution in [0.1, 0.15) is 23.6 Å². The predicted molar refractivity (Wildman–Crippen MR) is 117 cm³/mol. The fourth-order valence-corrected chi connectivity index (χ4v) is 3.70.